The van der Waals surface area contributed by atoms with Crippen molar-refractivity contribution in [3.8, 4) is 0 Å². The summed E-state index contributed by atoms with van der Waals surface area (Å²) in [4.78, 5) is 38.9. The summed E-state index contributed by atoms with van der Waals surface area (Å²) >= 11 is 0. The fraction of sp³-hybridized carbons (Fsp3) is 0.652. The molecule has 220 valence electrons. The van der Waals surface area contributed by atoms with Gasteiger partial charge in [-0.2, -0.15) is 0 Å². The quantitative estimate of drug-likeness (QED) is 0.194. The van der Waals surface area contributed by atoms with Crippen molar-refractivity contribution < 1.29 is 61.3 Å². The summed E-state index contributed by atoms with van der Waals surface area (Å²) in [5.74, 6) is -3.69. The number of nitrogens with zero attached hydrogens (tertiary/aromatic N) is 1. The highest BCUT2D eigenvalue weighted by atomic mass is 31.2. The number of pyridine rings is 1. The topological polar surface area (TPSA) is 203 Å². The van der Waals surface area contributed by atoms with Crippen LogP contribution in [0.4, 0.5) is 4.39 Å². The normalized spacial score (nSPS) is 22.0. The van der Waals surface area contributed by atoms with Crippen molar-refractivity contribution >= 4 is 25.7 Å². The molecule has 1 aromatic rings. The average Bonchev–Trinajstić information content (AvgIpc) is 3.10. The highest BCUT2D eigenvalue weighted by molar-refractivity contribution is 7.48. The molecule has 1 amide bonds. The standard InChI is InChI=1S/C23H34FN2O12P/c1-22(2,3)20(30)33-10-36-39(32,37-11-34-21(31)23(4,5)6)35-9-13-16(27)17(28)18(38-13)12-7-8-26-15(14(12)24)19(25)29/h7-8,13,16-18,27-28H,9-11H2,1-6H3,(H2,25,29)/t13-,16-,17-,18+/m1/s1. The van der Waals surface area contributed by atoms with Crippen LogP contribution in [0.5, 0.6) is 0 Å². The number of hydrogen-bond acceptors (Lipinski definition) is 13. The van der Waals surface area contributed by atoms with Crippen LogP contribution < -0.4 is 5.73 Å². The molecule has 1 aliphatic heterocycles. The molecule has 1 aliphatic rings. The number of nitrogens with two attached hydrogens (primary N) is 1. The van der Waals surface area contributed by atoms with Crippen molar-refractivity contribution in [1.82, 2.24) is 4.98 Å². The number of aliphatic hydroxyl groups is 2. The van der Waals surface area contributed by atoms with E-state index in [0.29, 0.717) is 0 Å². The summed E-state index contributed by atoms with van der Waals surface area (Å²) in [6, 6.07) is 1.12. The molecule has 4 atom stereocenters. The molecule has 0 saturated carbocycles. The SMILES string of the molecule is CC(C)(C)C(=O)OCOP(=O)(OCOC(=O)C(C)(C)C)OC[C@H]1O[C@@H](c2ccnc(C(N)=O)c2F)[C@H](O)[C@@H]1O. The molecule has 0 aliphatic carbocycles. The van der Waals surface area contributed by atoms with E-state index < -0.39 is 92.6 Å². The maximum absolute atomic E-state index is 14.7. The van der Waals surface area contributed by atoms with Gasteiger partial charge in [-0.05, 0) is 47.6 Å². The molecular weight excluding hydrogens is 546 g/mol. The molecule has 1 saturated heterocycles. The van der Waals surface area contributed by atoms with Crippen LogP contribution in [0.2, 0.25) is 0 Å². The zero-order chi connectivity index (χ0) is 29.8. The molecule has 16 heteroatoms. The van der Waals surface area contributed by atoms with Gasteiger partial charge in [-0.25, -0.2) is 23.0 Å². The number of phosphoric acid groups is 1. The number of carbonyl (C=O) groups is 3. The highest BCUT2D eigenvalue weighted by Gasteiger charge is 2.46. The Hall–Kier alpha value is -2.52. The van der Waals surface area contributed by atoms with Gasteiger partial charge in [0.05, 0.1) is 17.4 Å². The number of esters is 2. The van der Waals surface area contributed by atoms with E-state index >= 15 is 0 Å². The van der Waals surface area contributed by atoms with Gasteiger partial charge >= 0.3 is 19.8 Å². The van der Waals surface area contributed by atoms with Gasteiger partial charge in [-0.3, -0.25) is 18.9 Å². The van der Waals surface area contributed by atoms with Gasteiger partial charge in [0, 0.05) is 11.8 Å². The van der Waals surface area contributed by atoms with Crippen molar-refractivity contribution in [2.45, 2.75) is 66.0 Å². The molecule has 0 spiro atoms. The second kappa shape index (κ2) is 12.8. The first-order valence-electron chi connectivity index (χ1n) is 11.7. The third-order valence-corrected chi connectivity index (χ3v) is 6.55. The summed E-state index contributed by atoms with van der Waals surface area (Å²) in [5.41, 5.74) is 2.28. The van der Waals surface area contributed by atoms with E-state index in [9.17, 15) is 33.6 Å². The molecule has 0 bridgehead atoms. The van der Waals surface area contributed by atoms with E-state index in [4.69, 9.17) is 33.5 Å². The first-order valence-corrected chi connectivity index (χ1v) is 13.2. The van der Waals surface area contributed by atoms with Crippen LogP contribution in [-0.4, -0.2) is 71.5 Å². The summed E-state index contributed by atoms with van der Waals surface area (Å²) in [5, 5.41) is 20.9. The summed E-state index contributed by atoms with van der Waals surface area (Å²) in [6.07, 6.45) is -5.18. The van der Waals surface area contributed by atoms with E-state index in [1.807, 2.05) is 0 Å². The van der Waals surface area contributed by atoms with Gasteiger partial charge in [0.2, 0.25) is 13.6 Å². The average molecular weight is 580 g/mol. The third-order valence-electron chi connectivity index (χ3n) is 5.24. The summed E-state index contributed by atoms with van der Waals surface area (Å²) in [7, 11) is -4.63. The number of amides is 1. The minimum atomic E-state index is -4.63. The van der Waals surface area contributed by atoms with Gasteiger partial charge in [0.25, 0.3) is 5.91 Å². The number of hydrogen-bond donors (Lipinski definition) is 3. The number of ether oxygens (including phenoxy) is 3. The molecule has 1 aromatic heterocycles. The smallest absolute Gasteiger partial charge is 0.437 e. The Bertz CT molecular complexity index is 1070. The zero-order valence-electron chi connectivity index (χ0n) is 22.4. The molecule has 39 heavy (non-hydrogen) atoms. The van der Waals surface area contributed by atoms with Crippen LogP contribution in [0.1, 0.15) is 63.7 Å². The van der Waals surface area contributed by atoms with Crippen molar-refractivity contribution in [1.29, 1.82) is 0 Å². The fourth-order valence-electron chi connectivity index (χ4n) is 2.99. The molecule has 14 nitrogen and oxygen atoms in total. The zero-order valence-corrected chi connectivity index (χ0v) is 23.3. The summed E-state index contributed by atoms with van der Waals surface area (Å²) in [6.45, 7) is 6.99. The number of aromatic nitrogens is 1. The molecule has 0 radical (unpaired) electrons. The number of rotatable bonds is 11. The maximum atomic E-state index is 14.7. The van der Waals surface area contributed by atoms with Crippen molar-refractivity contribution in [3.63, 3.8) is 0 Å². The lowest BCUT2D eigenvalue weighted by Gasteiger charge is -2.23. The molecule has 0 unspecified atom stereocenters. The fourth-order valence-corrected chi connectivity index (χ4v) is 3.91. The lowest BCUT2D eigenvalue weighted by Crippen LogP contribution is -2.33. The minimum Gasteiger partial charge on any atom is -0.437 e. The van der Waals surface area contributed by atoms with Crippen LogP contribution in [0.3, 0.4) is 0 Å². The molecule has 0 aromatic carbocycles. The molecule has 2 rings (SSSR count). The monoisotopic (exact) mass is 580 g/mol. The van der Waals surface area contributed by atoms with E-state index in [1.165, 1.54) is 0 Å². The van der Waals surface area contributed by atoms with E-state index in [-0.39, 0.29) is 5.56 Å². The molecule has 4 N–H and O–H groups in total. The molecule has 1 fully saturated rings. The Morgan fingerprint density at radius 1 is 1.00 bits per heavy atom. The maximum Gasteiger partial charge on any atom is 0.480 e. The van der Waals surface area contributed by atoms with E-state index in [1.54, 1.807) is 41.5 Å². The summed E-state index contributed by atoms with van der Waals surface area (Å²) < 4.78 is 58.4. The predicted octanol–water partition coefficient (Wildman–Crippen LogP) is 1.73. The van der Waals surface area contributed by atoms with Gasteiger partial charge < -0.3 is 30.2 Å². The van der Waals surface area contributed by atoms with Gasteiger partial charge in [-0.15, -0.1) is 0 Å². The third kappa shape index (κ3) is 8.73. The van der Waals surface area contributed by atoms with Crippen molar-refractivity contribution in [2.75, 3.05) is 20.2 Å². The van der Waals surface area contributed by atoms with Crippen molar-refractivity contribution in [3.05, 3.63) is 29.3 Å². The van der Waals surface area contributed by atoms with Gasteiger partial charge in [0.15, 0.2) is 11.5 Å². The predicted molar refractivity (Wildman–Crippen MR) is 129 cm³/mol. The van der Waals surface area contributed by atoms with Crippen LogP contribution in [0.15, 0.2) is 12.3 Å². The van der Waals surface area contributed by atoms with Crippen LogP contribution in [0, 0.1) is 16.6 Å². The molecule has 2 heterocycles. The Labute approximate surface area is 224 Å². The second-order valence-electron chi connectivity index (χ2n) is 10.6. The van der Waals surface area contributed by atoms with E-state index in [0.717, 1.165) is 12.3 Å². The first-order chi connectivity index (χ1) is 17.9. The highest BCUT2D eigenvalue weighted by Crippen LogP contribution is 2.50. The number of aliphatic hydroxyl groups excluding tert-OH is 2. The Kier molecular flexibility index (Phi) is 10.7. The Balaban J connectivity index is 2.13. The van der Waals surface area contributed by atoms with Crippen LogP contribution in [0.25, 0.3) is 0 Å². The minimum absolute atomic E-state index is 0.313. The van der Waals surface area contributed by atoms with Crippen molar-refractivity contribution in [2.24, 2.45) is 16.6 Å². The number of phosphoric ester groups is 1. The number of halogens is 1. The van der Waals surface area contributed by atoms with Crippen LogP contribution >= 0.6 is 7.82 Å². The second-order valence-corrected chi connectivity index (χ2v) is 12.3. The Morgan fingerprint density at radius 3 is 1.97 bits per heavy atom. The lowest BCUT2D eigenvalue weighted by atomic mass is 9.98. The number of carbonyl (C=O) groups excluding carboxylic acids is 3. The van der Waals surface area contributed by atoms with Gasteiger partial charge in [-0.1, -0.05) is 0 Å². The number of primary amides is 1. The Morgan fingerprint density at radius 2 is 1.51 bits per heavy atom. The molecular formula is C23H34FN2O12P. The van der Waals surface area contributed by atoms with Crippen LogP contribution in [-0.2, 0) is 41.9 Å². The lowest BCUT2D eigenvalue weighted by molar-refractivity contribution is -0.163. The first kappa shape index (κ1) is 32.7. The van der Waals surface area contributed by atoms with E-state index in [2.05, 4.69) is 4.98 Å². The largest absolute Gasteiger partial charge is 0.480 e. The van der Waals surface area contributed by atoms with Gasteiger partial charge in [0.1, 0.15) is 24.4 Å².